The van der Waals surface area contributed by atoms with E-state index in [1.54, 1.807) is 0 Å². The van der Waals surface area contributed by atoms with Crippen LogP contribution in [0.1, 0.15) is 25.3 Å². The van der Waals surface area contributed by atoms with E-state index in [9.17, 15) is 0 Å². The maximum absolute atomic E-state index is 5.36. The summed E-state index contributed by atoms with van der Waals surface area (Å²) in [7, 11) is 0. The number of hydrogen-bond donors (Lipinski definition) is 1. The SMILES string of the molecule is C#CCC(Cc1ccccc1)NCCC. The van der Waals surface area contributed by atoms with Gasteiger partial charge in [0.25, 0.3) is 0 Å². The van der Waals surface area contributed by atoms with Gasteiger partial charge in [0.15, 0.2) is 0 Å². The third-order valence-electron chi connectivity index (χ3n) is 2.37. The van der Waals surface area contributed by atoms with Gasteiger partial charge in [0.05, 0.1) is 0 Å². The highest BCUT2D eigenvalue weighted by atomic mass is 14.9. The lowest BCUT2D eigenvalue weighted by atomic mass is 10.0. The van der Waals surface area contributed by atoms with Gasteiger partial charge in [-0.3, -0.25) is 0 Å². The Morgan fingerprint density at radius 1 is 1.33 bits per heavy atom. The molecule has 0 aliphatic rings. The molecule has 0 aliphatic carbocycles. The molecule has 1 aromatic rings. The minimum atomic E-state index is 0.414. The summed E-state index contributed by atoms with van der Waals surface area (Å²) >= 11 is 0. The number of rotatable bonds is 6. The predicted molar refractivity (Wildman–Crippen MR) is 65.7 cm³/mol. The Morgan fingerprint density at radius 2 is 2.07 bits per heavy atom. The second-order valence-electron chi connectivity index (χ2n) is 3.75. The van der Waals surface area contributed by atoms with Gasteiger partial charge in [0.2, 0.25) is 0 Å². The van der Waals surface area contributed by atoms with Gasteiger partial charge in [-0.15, -0.1) is 12.3 Å². The maximum atomic E-state index is 5.36. The van der Waals surface area contributed by atoms with E-state index in [-0.39, 0.29) is 0 Å². The zero-order valence-electron chi connectivity index (χ0n) is 9.37. The van der Waals surface area contributed by atoms with E-state index in [1.165, 1.54) is 5.56 Å². The molecule has 0 saturated carbocycles. The van der Waals surface area contributed by atoms with Crippen LogP contribution in [0.2, 0.25) is 0 Å². The van der Waals surface area contributed by atoms with Gasteiger partial charge < -0.3 is 5.32 Å². The van der Waals surface area contributed by atoms with Crippen LogP contribution in [0.25, 0.3) is 0 Å². The van der Waals surface area contributed by atoms with Crippen LogP contribution in [-0.4, -0.2) is 12.6 Å². The van der Waals surface area contributed by atoms with Crippen molar-refractivity contribution < 1.29 is 0 Å². The number of hydrogen-bond acceptors (Lipinski definition) is 1. The van der Waals surface area contributed by atoms with Crippen molar-refractivity contribution in [2.24, 2.45) is 0 Å². The molecule has 0 aromatic heterocycles. The number of benzene rings is 1. The monoisotopic (exact) mass is 201 g/mol. The van der Waals surface area contributed by atoms with Crippen molar-refractivity contribution in [1.82, 2.24) is 5.32 Å². The molecule has 80 valence electrons. The summed E-state index contributed by atoms with van der Waals surface area (Å²) in [5, 5.41) is 3.48. The average Bonchev–Trinajstić information content (AvgIpc) is 2.28. The first-order valence-corrected chi connectivity index (χ1v) is 5.57. The van der Waals surface area contributed by atoms with E-state index in [4.69, 9.17) is 6.42 Å². The van der Waals surface area contributed by atoms with Crippen molar-refractivity contribution in [3.8, 4) is 12.3 Å². The normalized spacial score (nSPS) is 12.0. The first-order chi connectivity index (χ1) is 7.36. The minimum absolute atomic E-state index is 0.414. The predicted octanol–water partition coefficient (Wildman–Crippen LogP) is 2.62. The van der Waals surface area contributed by atoms with Crippen LogP contribution in [0.15, 0.2) is 30.3 Å². The highest BCUT2D eigenvalue weighted by molar-refractivity contribution is 5.16. The third kappa shape index (κ3) is 4.67. The molecule has 1 heteroatoms. The molecule has 1 rings (SSSR count). The molecule has 0 amide bonds. The fourth-order valence-corrected chi connectivity index (χ4v) is 1.61. The van der Waals surface area contributed by atoms with Crippen LogP contribution in [0, 0.1) is 12.3 Å². The maximum Gasteiger partial charge on any atom is 0.0243 e. The summed E-state index contributed by atoms with van der Waals surface area (Å²) in [5.41, 5.74) is 1.35. The van der Waals surface area contributed by atoms with Crippen LogP contribution < -0.4 is 5.32 Å². The first-order valence-electron chi connectivity index (χ1n) is 5.57. The zero-order valence-corrected chi connectivity index (χ0v) is 9.37. The number of nitrogens with one attached hydrogen (secondary N) is 1. The van der Waals surface area contributed by atoms with Gasteiger partial charge in [-0.2, -0.15) is 0 Å². The minimum Gasteiger partial charge on any atom is -0.313 e. The van der Waals surface area contributed by atoms with E-state index in [0.29, 0.717) is 6.04 Å². The fraction of sp³-hybridized carbons (Fsp3) is 0.429. The molecule has 0 aliphatic heterocycles. The van der Waals surface area contributed by atoms with Gasteiger partial charge in [-0.05, 0) is 24.9 Å². The third-order valence-corrected chi connectivity index (χ3v) is 2.37. The van der Waals surface area contributed by atoms with E-state index >= 15 is 0 Å². The van der Waals surface area contributed by atoms with Gasteiger partial charge in [0.1, 0.15) is 0 Å². The molecule has 1 unspecified atom stereocenters. The Bertz CT molecular complexity index is 297. The molecule has 0 radical (unpaired) electrons. The Kier molecular flexibility index (Phi) is 5.58. The van der Waals surface area contributed by atoms with Crippen molar-refractivity contribution in [1.29, 1.82) is 0 Å². The van der Waals surface area contributed by atoms with E-state index in [1.807, 2.05) is 6.07 Å². The van der Waals surface area contributed by atoms with Crippen LogP contribution in [-0.2, 0) is 6.42 Å². The molecule has 0 heterocycles. The van der Waals surface area contributed by atoms with Crippen molar-refractivity contribution in [2.75, 3.05) is 6.54 Å². The van der Waals surface area contributed by atoms with Gasteiger partial charge >= 0.3 is 0 Å². The molecular weight excluding hydrogens is 182 g/mol. The topological polar surface area (TPSA) is 12.0 Å². The fourth-order valence-electron chi connectivity index (χ4n) is 1.61. The highest BCUT2D eigenvalue weighted by Crippen LogP contribution is 2.05. The van der Waals surface area contributed by atoms with E-state index in [0.717, 1.165) is 25.8 Å². The van der Waals surface area contributed by atoms with Crippen LogP contribution in [0.3, 0.4) is 0 Å². The molecule has 1 aromatic carbocycles. The Labute approximate surface area is 92.9 Å². The summed E-state index contributed by atoms with van der Waals surface area (Å²) < 4.78 is 0. The molecule has 0 fully saturated rings. The van der Waals surface area contributed by atoms with Crippen LogP contribution >= 0.6 is 0 Å². The van der Waals surface area contributed by atoms with Crippen molar-refractivity contribution in [3.63, 3.8) is 0 Å². The quantitative estimate of drug-likeness (QED) is 0.698. The summed E-state index contributed by atoms with van der Waals surface area (Å²) in [6.07, 6.45) is 8.33. The first kappa shape index (κ1) is 11.8. The van der Waals surface area contributed by atoms with E-state index in [2.05, 4.69) is 42.4 Å². The Morgan fingerprint density at radius 3 is 2.67 bits per heavy atom. The summed E-state index contributed by atoms with van der Waals surface area (Å²) in [6, 6.07) is 10.9. The van der Waals surface area contributed by atoms with Gasteiger partial charge in [-0.1, -0.05) is 37.3 Å². The standard InChI is InChI=1S/C14H19N/c1-3-8-14(15-11-4-2)12-13-9-6-5-7-10-13/h1,5-7,9-10,14-15H,4,8,11-12H2,2H3. The smallest absolute Gasteiger partial charge is 0.0243 e. The largest absolute Gasteiger partial charge is 0.313 e. The lowest BCUT2D eigenvalue weighted by Gasteiger charge is -2.15. The van der Waals surface area contributed by atoms with Gasteiger partial charge in [-0.25, -0.2) is 0 Å². The lowest BCUT2D eigenvalue weighted by molar-refractivity contribution is 0.517. The second-order valence-corrected chi connectivity index (χ2v) is 3.75. The molecule has 0 bridgehead atoms. The van der Waals surface area contributed by atoms with Gasteiger partial charge in [0, 0.05) is 12.5 Å². The molecular formula is C14H19N. The van der Waals surface area contributed by atoms with Crippen molar-refractivity contribution in [3.05, 3.63) is 35.9 Å². The molecule has 1 nitrogen and oxygen atoms in total. The highest BCUT2D eigenvalue weighted by Gasteiger charge is 2.06. The average molecular weight is 201 g/mol. The van der Waals surface area contributed by atoms with Crippen LogP contribution in [0.4, 0.5) is 0 Å². The second kappa shape index (κ2) is 7.09. The van der Waals surface area contributed by atoms with Crippen molar-refractivity contribution in [2.45, 2.75) is 32.2 Å². The summed E-state index contributed by atoms with van der Waals surface area (Å²) in [6.45, 7) is 3.21. The molecule has 0 saturated heterocycles. The van der Waals surface area contributed by atoms with Crippen molar-refractivity contribution >= 4 is 0 Å². The van der Waals surface area contributed by atoms with E-state index < -0.39 is 0 Å². The summed E-state index contributed by atoms with van der Waals surface area (Å²) in [5.74, 6) is 2.73. The van der Waals surface area contributed by atoms with Crippen LogP contribution in [0.5, 0.6) is 0 Å². The summed E-state index contributed by atoms with van der Waals surface area (Å²) in [4.78, 5) is 0. The molecule has 1 N–H and O–H groups in total. The molecule has 15 heavy (non-hydrogen) atoms. The lowest BCUT2D eigenvalue weighted by Crippen LogP contribution is -2.31. The zero-order chi connectivity index (χ0) is 10.9. The Hall–Kier alpha value is -1.26. The Balaban J connectivity index is 2.47. The molecule has 1 atom stereocenters. The molecule has 0 spiro atoms. The number of terminal acetylenes is 1.